The summed E-state index contributed by atoms with van der Waals surface area (Å²) in [5.41, 5.74) is 2.93. The van der Waals surface area contributed by atoms with Crippen LogP contribution < -0.4 is 5.32 Å². The fourth-order valence-corrected chi connectivity index (χ4v) is 3.19. The van der Waals surface area contributed by atoms with Gasteiger partial charge in [0, 0.05) is 23.6 Å². The zero-order valence-electron chi connectivity index (χ0n) is 13.3. The normalized spacial score (nSPS) is 14.1. The standard InChI is InChI=1S/C19H21FN2O/c1-13-12-22(17-9-4-3-8-16(13)17)19(18(23)11-21-2)14-6-5-7-15(20)10-14/h3-10,12,18-19,21,23H,11H2,1-2H3/t18-,19+/m1/s1. The minimum absolute atomic E-state index is 0.294. The lowest BCUT2D eigenvalue weighted by Gasteiger charge is -2.26. The number of hydrogen-bond acceptors (Lipinski definition) is 2. The second kappa shape index (κ2) is 6.52. The third-order valence-electron chi connectivity index (χ3n) is 4.21. The van der Waals surface area contributed by atoms with Crippen LogP contribution in [0, 0.1) is 12.7 Å². The van der Waals surface area contributed by atoms with E-state index in [1.807, 2.05) is 42.0 Å². The molecular formula is C19H21FN2O. The molecule has 0 amide bonds. The number of nitrogens with zero attached hydrogens (tertiary/aromatic N) is 1. The number of hydrogen-bond donors (Lipinski definition) is 2. The first-order valence-electron chi connectivity index (χ1n) is 7.76. The highest BCUT2D eigenvalue weighted by atomic mass is 19.1. The van der Waals surface area contributed by atoms with Crippen LogP contribution in [0.25, 0.3) is 10.9 Å². The van der Waals surface area contributed by atoms with Crippen LogP contribution in [0.15, 0.2) is 54.7 Å². The molecular weight excluding hydrogens is 291 g/mol. The van der Waals surface area contributed by atoms with Crippen LogP contribution in [0.5, 0.6) is 0 Å². The predicted molar refractivity (Wildman–Crippen MR) is 91.1 cm³/mol. The van der Waals surface area contributed by atoms with E-state index in [1.54, 1.807) is 13.1 Å². The number of aliphatic hydroxyl groups excluding tert-OH is 1. The van der Waals surface area contributed by atoms with Gasteiger partial charge in [-0.1, -0.05) is 30.3 Å². The fourth-order valence-electron chi connectivity index (χ4n) is 3.19. The van der Waals surface area contributed by atoms with Crippen molar-refractivity contribution in [2.24, 2.45) is 0 Å². The van der Waals surface area contributed by atoms with Crippen molar-refractivity contribution in [1.82, 2.24) is 9.88 Å². The zero-order valence-corrected chi connectivity index (χ0v) is 13.3. The molecule has 0 unspecified atom stereocenters. The molecule has 0 radical (unpaired) electrons. The maximum Gasteiger partial charge on any atom is 0.123 e. The van der Waals surface area contributed by atoms with Crippen molar-refractivity contribution in [2.45, 2.75) is 19.1 Å². The first-order chi connectivity index (χ1) is 11.1. The van der Waals surface area contributed by atoms with Gasteiger partial charge in [-0.25, -0.2) is 4.39 Å². The van der Waals surface area contributed by atoms with Gasteiger partial charge in [-0.2, -0.15) is 0 Å². The quantitative estimate of drug-likeness (QED) is 0.759. The third-order valence-corrected chi connectivity index (χ3v) is 4.21. The highest BCUT2D eigenvalue weighted by molar-refractivity contribution is 5.84. The summed E-state index contributed by atoms with van der Waals surface area (Å²) in [6.07, 6.45) is 1.36. The van der Waals surface area contributed by atoms with E-state index in [0.29, 0.717) is 6.54 Å². The molecule has 23 heavy (non-hydrogen) atoms. The van der Waals surface area contributed by atoms with Crippen LogP contribution in [0.4, 0.5) is 4.39 Å². The Bertz CT molecular complexity index is 812. The number of benzene rings is 2. The van der Waals surface area contributed by atoms with E-state index in [1.165, 1.54) is 12.1 Å². The number of para-hydroxylation sites is 1. The molecule has 0 aliphatic heterocycles. The van der Waals surface area contributed by atoms with E-state index in [2.05, 4.69) is 11.4 Å². The smallest absolute Gasteiger partial charge is 0.123 e. The summed E-state index contributed by atoms with van der Waals surface area (Å²) in [5.74, 6) is -0.294. The van der Waals surface area contributed by atoms with E-state index >= 15 is 0 Å². The van der Waals surface area contributed by atoms with Crippen molar-refractivity contribution in [3.63, 3.8) is 0 Å². The summed E-state index contributed by atoms with van der Waals surface area (Å²) < 4.78 is 15.7. The van der Waals surface area contributed by atoms with Crippen LogP contribution in [-0.4, -0.2) is 29.4 Å². The molecule has 4 heteroatoms. The van der Waals surface area contributed by atoms with Gasteiger partial charge in [0.05, 0.1) is 12.1 Å². The number of halogens is 1. The maximum absolute atomic E-state index is 13.7. The lowest BCUT2D eigenvalue weighted by molar-refractivity contribution is 0.132. The molecule has 2 aromatic carbocycles. The van der Waals surface area contributed by atoms with Gasteiger partial charge >= 0.3 is 0 Å². The first kappa shape index (κ1) is 15.7. The molecule has 0 bridgehead atoms. The Morgan fingerprint density at radius 2 is 1.96 bits per heavy atom. The van der Waals surface area contributed by atoms with E-state index in [9.17, 15) is 9.50 Å². The molecule has 1 heterocycles. The molecule has 2 N–H and O–H groups in total. The number of rotatable bonds is 5. The van der Waals surface area contributed by atoms with E-state index < -0.39 is 6.10 Å². The molecule has 0 saturated carbocycles. The van der Waals surface area contributed by atoms with Gasteiger partial charge < -0.3 is 15.0 Å². The Kier molecular flexibility index (Phi) is 4.46. The minimum atomic E-state index is -0.669. The number of aryl methyl sites for hydroxylation is 1. The van der Waals surface area contributed by atoms with Crippen molar-refractivity contribution >= 4 is 10.9 Å². The van der Waals surface area contributed by atoms with Crippen LogP contribution in [0.1, 0.15) is 17.2 Å². The number of likely N-dealkylation sites (N-methyl/N-ethyl adjacent to an activating group) is 1. The largest absolute Gasteiger partial charge is 0.389 e. The second-order valence-electron chi connectivity index (χ2n) is 5.86. The van der Waals surface area contributed by atoms with Gasteiger partial charge in [0.1, 0.15) is 5.82 Å². The highest BCUT2D eigenvalue weighted by Gasteiger charge is 2.24. The molecule has 0 aliphatic rings. The van der Waals surface area contributed by atoms with Crippen LogP contribution in [0.3, 0.4) is 0 Å². The predicted octanol–water partition coefficient (Wildman–Crippen LogP) is 3.26. The zero-order chi connectivity index (χ0) is 16.4. The van der Waals surface area contributed by atoms with Crippen molar-refractivity contribution in [1.29, 1.82) is 0 Å². The molecule has 3 aromatic rings. The summed E-state index contributed by atoms with van der Waals surface area (Å²) in [5, 5.41) is 14.8. The van der Waals surface area contributed by atoms with Crippen LogP contribution in [-0.2, 0) is 0 Å². The summed E-state index contributed by atoms with van der Waals surface area (Å²) in [6, 6.07) is 14.2. The number of fused-ring (bicyclic) bond motifs is 1. The van der Waals surface area contributed by atoms with Gasteiger partial charge in [0.25, 0.3) is 0 Å². The van der Waals surface area contributed by atoms with E-state index in [4.69, 9.17) is 0 Å². The molecule has 0 spiro atoms. The number of aromatic nitrogens is 1. The minimum Gasteiger partial charge on any atom is -0.389 e. The molecule has 0 saturated heterocycles. The molecule has 3 nitrogen and oxygen atoms in total. The molecule has 0 fully saturated rings. The van der Waals surface area contributed by atoms with Gasteiger partial charge in [-0.15, -0.1) is 0 Å². The van der Waals surface area contributed by atoms with Gasteiger partial charge in [-0.3, -0.25) is 0 Å². The Balaban J connectivity index is 2.18. The average molecular weight is 312 g/mol. The third kappa shape index (κ3) is 3.00. The van der Waals surface area contributed by atoms with Gasteiger partial charge in [0.15, 0.2) is 0 Å². The molecule has 1 aromatic heterocycles. The topological polar surface area (TPSA) is 37.2 Å². The molecule has 3 rings (SSSR count). The van der Waals surface area contributed by atoms with Crippen molar-refractivity contribution in [3.8, 4) is 0 Å². The average Bonchev–Trinajstić information content (AvgIpc) is 2.86. The number of nitrogens with one attached hydrogen (secondary N) is 1. The van der Waals surface area contributed by atoms with Crippen LogP contribution in [0.2, 0.25) is 0 Å². The summed E-state index contributed by atoms with van der Waals surface area (Å²) >= 11 is 0. The van der Waals surface area contributed by atoms with Crippen molar-refractivity contribution < 1.29 is 9.50 Å². The lowest BCUT2D eigenvalue weighted by atomic mass is 10.0. The monoisotopic (exact) mass is 312 g/mol. The highest BCUT2D eigenvalue weighted by Crippen LogP contribution is 2.30. The Labute approximate surface area is 135 Å². The Hall–Kier alpha value is -2.17. The molecule has 0 aliphatic carbocycles. The SMILES string of the molecule is CNC[C@@H](O)[C@H](c1cccc(F)c1)n1cc(C)c2ccccc21. The Morgan fingerprint density at radius 1 is 1.17 bits per heavy atom. The molecule has 120 valence electrons. The Morgan fingerprint density at radius 3 is 2.70 bits per heavy atom. The summed E-state index contributed by atoms with van der Waals surface area (Å²) in [4.78, 5) is 0. The maximum atomic E-state index is 13.7. The number of aliphatic hydroxyl groups is 1. The van der Waals surface area contributed by atoms with Crippen LogP contribution >= 0.6 is 0 Å². The van der Waals surface area contributed by atoms with Crippen molar-refractivity contribution in [2.75, 3.05) is 13.6 Å². The fraction of sp³-hybridized carbons (Fsp3) is 0.263. The van der Waals surface area contributed by atoms with E-state index in [0.717, 1.165) is 22.0 Å². The first-order valence-corrected chi connectivity index (χ1v) is 7.76. The van der Waals surface area contributed by atoms with Gasteiger partial charge in [-0.05, 0) is 43.3 Å². The lowest BCUT2D eigenvalue weighted by Crippen LogP contribution is -2.33. The second-order valence-corrected chi connectivity index (χ2v) is 5.86. The van der Waals surface area contributed by atoms with Crippen molar-refractivity contribution in [3.05, 3.63) is 71.7 Å². The summed E-state index contributed by atoms with van der Waals surface area (Å²) in [6.45, 7) is 2.47. The van der Waals surface area contributed by atoms with E-state index in [-0.39, 0.29) is 11.9 Å². The summed E-state index contributed by atoms with van der Waals surface area (Å²) in [7, 11) is 1.80. The van der Waals surface area contributed by atoms with Gasteiger partial charge in [0.2, 0.25) is 0 Å². The molecule has 2 atom stereocenters.